The van der Waals surface area contributed by atoms with Crippen LogP contribution in [0, 0.1) is 23.2 Å². The zero-order valence-corrected chi connectivity index (χ0v) is 22.4. The number of fused-ring (bicyclic) bond motifs is 1. The summed E-state index contributed by atoms with van der Waals surface area (Å²) in [6.45, 7) is 5.21. The quantitative estimate of drug-likeness (QED) is 0.390. The molecule has 39 heavy (non-hydrogen) atoms. The minimum absolute atomic E-state index is 0.236. The number of carbonyl (C=O) groups excluding carboxylic acids is 1. The number of hydrogen-bond acceptors (Lipinski definition) is 7. The van der Waals surface area contributed by atoms with Crippen LogP contribution >= 0.6 is 0 Å². The first-order chi connectivity index (χ1) is 18.9. The van der Waals surface area contributed by atoms with E-state index in [-0.39, 0.29) is 11.3 Å². The zero-order chi connectivity index (χ0) is 27.0. The number of hydrogen-bond donors (Lipinski definition) is 1. The predicted molar refractivity (Wildman–Crippen MR) is 146 cm³/mol. The highest BCUT2D eigenvalue weighted by Crippen LogP contribution is 2.53. The van der Waals surface area contributed by atoms with Gasteiger partial charge in [-0.1, -0.05) is 19.1 Å². The van der Waals surface area contributed by atoms with Crippen LogP contribution in [0.4, 0.5) is 5.69 Å². The molecule has 4 aromatic rings. The van der Waals surface area contributed by atoms with Gasteiger partial charge in [0.1, 0.15) is 24.2 Å². The molecule has 4 heterocycles. The van der Waals surface area contributed by atoms with E-state index in [1.807, 2.05) is 41.9 Å². The first kappa shape index (κ1) is 25.2. The second-order valence-corrected chi connectivity index (χ2v) is 11.3. The Kier molecular flexibility index (Phi) is 6.61. The first-order valence-corrected chi connectivity index (χ1v) is 13.6. The fourth-order valence-electron chi connectivity index (χ4n) is 6.47. The van der Waals surface area contributed by atoms with Gasteiger partial charge in [-0.3, -0.25) is 9.69 Å². The van der Waals surface area contributed by atoms with E-state index in [1.165, 1.54) is 19.2 Å². The minimum Gasteiger partial charge on any atom is -0.321 e. The Balaban J connectivity index is 1.27. The molecule has 1 aliphatic heterocycles. The first-order valence-electron chi connectivity index (χ1n) is 13.6. The number of nitrogens with one attached hydrogen (secondary N) is 1. The summed E-state index contributed by atoms with van der Waals surface area (Å²) in [5, 5.41) is 25.2. The van der Waals surface area contributed by atoms with Crippen LogP contribution in [-0.4, -0.2) is 53.3 Å². The Labute approximate surface area is 227 Å². The number of carbonyl (C=O) groups is 1. The molecule has 1 aliphatic carbocycles. The number of amides is 1. The number of likely N-dealkylation sites (tertiary alicyclic amines) is 1. The van der Waals surface area contributed by atoms with Gasteiger partial charge in [0.05, 0.1) is 11.5 Å². The maximum absolute atomic E-state index is 13.6. The van der Waals surface area contributed by atoms with Gasteiger partial charge in [-0.25, -0.2) is 9.50 Å². The molecule has 1 N–H and O–H groups in total. The van der Waals surface area contributed by atoms with Gasteiger partial charge in [-0.2, -0.15) is 10.4 Å². The molecular weight excluding hydrogens is 490 g/mol. The van der Waals surface area contributed by atoms with Crippen molar-refractivity contribution in [2.45, 2.75) is 51.0 Å². The Morgan fingerprint density at radius 3 is 2.90 bits per heavy atom. The lowest BCUT2D eigenvalue weighted by molar-refractivity contribution is 0.101. The lowest BCUT2D eigenvalue weighted by Crippen LogP contribution is -2.44. The molecule has 1 saturated heterocycles. The van der Waals surface area contributed by atoms with E-state index in [2.05, 4.69) is 49.6 Å². The summed E-state index contributed by atoms with van der Waals surface area (Å²) >= 11 is 0. The summed E-state index contributed by atoms with van der Waals surface area (Å²) in [6.07, 6.45) is 7.83. The highest BCUT2D eigenvalue weighted by Gasteiger charge is 2.49. The van der Waals surface area contributed by atoms with Crippen molar-refractivity contribution < 1.29 is 4.79 Å². The van der Waals surface area contributed by atoms with Gasteiger partial charge < -0.3 is 9.88 Å². The van der Waals surface area contributed by atoms with Gasteiger partial charge in [0.25, 0.3) is 5.91 Å². The number of pyridine rings is 1. The Morgan fingerprint density at radius 1 is 1.26 bits per heavy atom. The summed E-state index contributed by atoms with van der Waals surface area (Å²) < 4.78 is 3.55. The van der Waals surface area contributed by atoms with Crippen LogP contribution in [0.2, 0.25) is 0 Å². The predicted octanol–water partition coefficient (Wildman–Crippen LogP) is 3.95. The van der Waals surface area contributed by atoms with Crippen molar-refractivity contribution in [3.05, 3.63) is 71.7 Å². The molecule has 10 nitrogen and oxygen atoms in total. The summed E-state index contributed by atoms with van der Waals surface area (Å²) in [7, 11) is 1.95. The summed E-state index contributed by atoms with van der Waals surface area (Å²) in [4.78, 5) is 20.4. The van der Waals surface area contributed by atoms with E-state index in [0.29, 0.717) is 35.3 Å². The molecule has 6 rings (SSSR count). The number of rotatable bonds is 7. The molecule has 0 unspecified atom stereocenters. The third-order valence-electron chi connectivity index (χ3n) is 8.29. The Bertz CT molecular complexity index is 1540. The lowest BCUT2D eigenvalue weighted by atomic mass is 9.57. The molecule has 0 radical (unpaired) electrons. The third-order valence-corrected chi connectivity index (χ3v) is 8.29. The molecule has 200 valence electrons. The van der Waals surface area contributed by atoms with Crippen molar-refractivity contribution in [1.29, 1.82) is 5.26 Å². The van der Waals surface area contributed by atoms with E-state index in [4.69, 9.17) is 0 Å². The number of piperidine rings is 1. The monoisotopic (exact) mass is 523 g/mol. The van der Waals surface area contributed by atoms with Crippen molar-refractivity contribution in [3.8, 4) is 6.07 Å². The molecule has 2 aliphatic rings. The largest absolute Gasteiger partial charge is 0.321 e. The maximum Gasteiger partial charge on any atom is 0.274 e. The second kappa shape index (κ2) is 10.2. The van der Waals surface area contributed by atoms with Crippen LogP contribution in [0.5, 0.6) is 0 Å². The lowest BCUT2D eigenvalue weighted by Gasteiger charge is -2.46. The van der Waals surface area contributed by atoms with Crippen molar-refractivity contribution in [2.24, 2.45) is 18.9 Å². The number of benzene rings is 1. The van der Waals surface area contributed by atoms with Crippen molar-refractivity contribution in [2.75, 3.05) is 18.4 Å². The number of nitrogens with zero attached hydrogens (tertiary/aromatic N) is 8. The molecule has 1 amide bonds. The molecule has 1 saturated carbocycles. The number of aromatic nitrogens is 6. The van der Waals surface area contributed by atoms with Gasteiger partial charge in [0, 0.05) is 32.2 Å². The van der Waals surface area contributed by atoms with E-state index < -0.39 is 0 Å². The van der Waals surface area contributed by atoms with E-state index in [1.54, 1.807) is 10.8 Å². The zero-order valence-electron chi connectivity index (χ0n) is 22.4. The number of anilines is 1. The van der Waals surface area contributed by atoms with Crippen molar-refractivity contribution >= 4 is 17.2 Å². The van der Waals surface area contributed by atoms with Crippen LogP contribution in [0.25, 0.3) is 5.65 Å². The summed E-state index contributed by atoms with van der Waals surface area (Å²) in [6, 6.07) is 14.2. The van der Waals surface area contributed by atoms with Crippen LogP contribution in [-0.2, 0) is 19.0 Å². The average molecular weight is 524 g/mol. The topological polar surface area (TPSA) is 117 Å². The smallest absolute Gasteiger partial charge is 0.274 e. The van der Waals surface area contributed by atoms with Gasteiger partial charge in [0.15, 0.2) is 5.65 Å². The van der Waals surface area contributed by atoms with Crippen LogP contribution in [0.15, 0.2) is 49.1 Å². The normalized spacial score (nSPS) is 23.3. The average Bonchev–Trinajstić information content (AvgIpc) is 3.55. The molecule has 3 aromatic heterocycles. The maximum atomic E-state index is 13.6. The molecule has 0 bridgehead atoms. The van der Waals surface area contributed by atoms with Crippen LogP contribution in [0.1, 0.15) is 66.5 Å². The van der Waals surface area contributed by atoms with Crippen LogP contribution in [0.3, 0.4) is 0 Å². The van der Waals surface area contributed by atoms with E-state index >= 15 is 0 Å². The van der Waals surface area contributed by atoms with Gasteiger partial charge in [0.2, 0.25) is 0 Å². The van der Waals surface area contributed by atoms with E-state index in [0.717, 1.165) is 49.4 Å². The summed E-state index contributed by atoms with van der Waals surface area (Å²) in [5.74, 6) is 1.64. The Hall–Kier alpha value is -4.10. The number of aryl methyl sites for hydroxylation is 1. The Morgan fingerprint density at radius 2 is 2.13 bits per heavy atom. The second-order valence-electron chi connectivity index (χ2n) is 11.3. The van der Waals surface area contributed by atoms with Gasteiger partial charge in [-0.15, -0.1) is 10.2 Å². The standard InChI is InChI=1S/C29H33N9O/c1-20-5-4-10-37(16-20)17-22-11-25(38-26(12-22)31-18-33-38)27(39)34-24-7-3-6-23(13-24)29(14-21(15-29)8-9-30)28-35-32-19-36(28)2/h3,6-7,11-13,18-21H,4-5,8,10,14-17H2,1-2H3,(H,34,39)/t20-,21?,29?/m0/s1. The fourth-order valence-corrected chi connectivity index (χ4v) is 6.47. The van der Waals surface area contributed by atoms with Gasteiger partial charge in [-0.05, 0) is 79.5 Å². The highest BCUT2D eigenvalue weighted by molar-refractivity contribution is 6.03. The molecular formula is C29H33N9O. The van der Waals surface area contributed by atoms with Crippen LogP contribution < -0.4 is 5.32 Å². The molecule has 0 spiro atoms. The molecule has 2 fully saturated rings. The summed E-state index contributed by atoms with van der Waals surface area (Å²) in [5.41, 5.74) is 3.60. The van der Waals surface area contributed by atoms with Gasteiger partial charge >= 0.3 is 0 Å². The SMILES string of the molecule is C[C@H]1CCCN(Cc2cc(C(=O)Nc3cccc(C4(c5nncn5C)CC(CC#N)C4)c3)n3ncnc3c2)C1. The minimum atomic E-state index is -0.335. The molecule has 10 heteroatoms. The highest BCUT2D eigenvalue weighted by atomic mass is 16.2. The fraction of sp³-hybridized carbons (Fsp3) is 0.448. The molecule has 1 aromatic carbocycles. The van der Waals surface area contributed by atoms with E-state index in [9.17, 15) is 10.1 Å². The molecule has 1 atom stereocenters. The third kappa shape index (κ3) is 4.79. The number of nitriles is 1. The van der Waals surface area contributed by atoms with Crippen molar-refractivity contribution in [1.82, 2.24) is 34.3 Å². The van der Waals surface area contributed by atoms with Crippen molar-refractivity contribution in [3.63, 3.8) is 0 Å².